The number of anilines is 2. The SMILES string of the molecule is CC1(C)CN(C(=O)C2CC(=O)N(c3cccc(Cl)c3)C2)c2ccc(CCc3cnccn3)cc21. The zero-order valence-electron chi connectivity index (χ0n) is 19.4. The van der Waals surface area contributed by atoms with E-state index in [4.69, 9.17) is 11.6 Å². The highest BCUT2D eigenvalue weighted by Crippen LogP contribution is 2.42. The van der Waals surface area contributed by atoms with Crippen molar-refractivity contribution in [3.8, 4) is 0 Å². The van der Waals surface area contributed by atoms with Crippen LogP contribution in [0.2, 0.25) is 5.02 Å². The van der Waals surface area contributed by atoms with Crippen molar-refractivity contribution >= 4 is 34.8 Å². The minimum Gasteiger partial charge on any atom is -0.312 e. The lowest BCUT2D eigenvalue weighted by atomic mass is 9.85. The smallest absolute Gasteiger partial charge is 0.232 e. The van der Waals surface area contributed by atoms with Crippen LogP contribution >= 0.6 is 11.6 Å². The minimum absolute atomic E-state index is 0.0111. The van der Waals surface area contributed by atoms with E-state index < -0.39 is 0 Å². The monoisotopic (exact) mass is 474 g/mol. The summed E-state index contributed by atoms with van der Waals surface area (Å²) in [7, 11) is 0. The van der Waals surface area contributed by atoms with E-state index in [1.807, 2.05) is 17.0 Å². The van der Waals surface area contributed by atoms with Crippen molar-refractivity contribution in [2.75, 3.05) is 22.9 Å². The summed E-state index contributed by atoms with van der Waals surface area (Å²) in [4.78, 5) is 38.4. The van der Waals surface area contributed by atoms with Crippen LogP contribution in [-0.4, -0.2) is 34.9 Å². The van der Waals surface area contributed by atoms with Crippen LogP contribution in [0.1, 0.15) is 37.1 Å². The van der Waals surface area contributed by atoms with E-state index in [0.29, 0.717) is 18.1 Å². The average Bonchev–Trinajstić information content (AvgIpc) is 3.35. The van der Waals surface area contributed by atoms with Gasteiger partial charge < -0.3 is 9.80 Å². The van der Waals surface area contributed by atoms with Gasteiger partial charge in [0, 0.05) is 59.9 Å². The molecule has 5 rings (SSSR count). The summed E-state index contributed by atoms with van der Waals surface area (Å²) in [5.74, 6) is -0.403. The molecule has 0 spiro atoms. The van der Waals surface area contributed by atoms with Gasteiger partial charge in [-0.05, 0) is 48.2 Å². The number of rotatable bonds is 5. The first-order chi connectivity index (χ1) is 16.3. The Balaban J connectivity index is 1.33. The van der Waals surface area contributed by atoms with Crippen LogP contribution in [0.4, 0.5) is 11.4 Å². The van der Waals surface area contributed by atoms with Crippen molar-refractivity contribution in [3.05, 3.63) is 82.9 Å². The Bertz CT molecular complexity index is 1240. The van der Waals surface area contributed by atoms with E-state index in [0.717, 1.165) is 29.9 Å². The van der Waals surface area contributed by atoms with Gasteiger partial charge in [-0.3, -0.25) is 19.6 Å². The second-order valence-electron chi connectivity index (χ2n) is 9.74. The third kappa shape index (κ3) is 4.30. The fraction of sp³-hybridized carbons (Fsp3) is 0.333. The molecule has 3 aromatic rings. The molecule has 1 atom stereocenters. The van der Waals surface area contributed by atoms with Crippen LogP contribution in [-0.2, 0) is 27.8 Å². The van der Waals surface area contributed by atoms with Crippen molar-refractivity contribution in [1.82, 2.24) is 9.97 Å². The van der Waals surface area contributed by atoms with Gasteiger partial charge in [-0.1, -0.05) is 43.6 Å². The molecule has 0 radical (unpaired) electrons. The maximum Gasteiger partial charge on any atom is 0.232 e. The van der Waals surface area contributed by atoms with Crippen LogP contribution in [0.3, 0.4) is 0 Å². The summed E-state index contributed by atoms with van der Waals surface area (Å²) in [6.45, 7) is 5.32. The average molecular weight is 475 g/mol. The van der Waals surface area contributed by atoms with Gasteiger partial charge in [-0.15, -0.1) is 0 Å². The Morgan fingerprint density at radius 2 is 2.00 bits per heavy atom. The topological polar surface area (TPSA) is 66.4 Å². The molecule has 174 valence electrons. The fourth-order valence-electron chi connectivity index (χ4n) is 5.00. The highest BCUT2D eigenvalue weighted by atomic mass is 35.5. The number of carbonyl (C=O) groups excluding carboxylic acids is 2. The zero-order valence-corrected chi connectivity index (χ0v) is 20.1. The maximum absolute atomic E-state index is 13.6. The lowest BCUT2D eigenvalue weighted by Gasteiger charge is -2.23. The molecule has 6 nitrogen and oxygen atoms in total. The second-order valence-corrected chi connectivity index (χ2v) is 10.2. The number of fused-ring (bicyclic) bond motifs is 1. The summed E-state index contributed by atoms with van der Waals surface area (Å²) in [5, 5.41) is 0.574. The number of nitrogens with zero attached hydrogens (tertiary/aromatic N) is 4. The molecule has 1 fully saturated rings. The number of aryl methyl sites for hydroxylation is 2. The Hall–Kier alpha value is -3.25. The second kappa shape index (κ2) is 8.84. The molecule has 2 amide bonds. The van der Waals surface area contributed by atoms with Crippen molar-refractivity contribution in [2.24, 2.45) is 5.92 Å². The molecule has 7 heteroatoms. The fourth-order valence-corrected chi connectivity index (χ4v) is 5.18. The van der Waals surface area contributed by atoms with Gasteiger partial charge in [0.15, 0.2) is 0 Å². The quantitative estimate of drug-likeness (QED) is 0.542. The molecular formula is C27H27ClN4O2. The Kier molecular flexibility index (Phi) is 5.86. The first-order valence-electron chi connectivity index (χ1n) is 11.6. The third-order valence-corrected chi connectivity index (χ3v) is 7.02. The van der Waals surface area contributed by atoms with E-state index in [1.165, 1.54) is 11.1 Å². The van der Waals surface area contributed by atoms with Gasteiger partial charge in [-0.25, -0.2) is 0 Å². The largest absolute Gasteiger partial charge is 0.312 e. The van der Waals surface area contributed by atoms with E-state index in [1.54, 1.807) is 35.6 Å². The number of hydrogen-bond acceptors (Lipinski definition) is 4. The maximum atomic E-state index is 13.6. The predicted octanol–water partition coefficient (Wildman–Crippen LogP) is 4.59. The summed E-state index contributed by atoms with van der Waals surface area (Å²) >= 11 is 6.11. The summed E-state index contributed by atoms with van der Waals surface area (Å²) in [5.41, 5.74) is 4.88. The van der Waals surface area contributed by atoms with E-state index in [2.05, 4.69) is 42.0 Å². The highest BCUT2D eigenvalue weighted by Gasteiger charge is 2.43. The Morgan fingerprint density at radius 1 is 1.15 bits per heavy atom. The molecule has 0 bridgehead atoms. The van der Waals surface area contributed by atoms with Crippen molar-refractivity contribution in [3.63, 3.8) is 0 Å². The number of carbonyl (C=O) groups is 2. The number of aromatic nitrogens is 2. The molecule has 2 aliphatic rings. The molecule has 3 heterocycles. The number of halogens is 1. The normalized spacial score (nSPS) is 18.9. The summed E-state index contributed by atoms with van der Waals surface area (Å²) < 4.78 is 0. The van der Waals surface area contributed by atoms with E-state index in [9.17, 15) is 9.59 Å². The van der Waals surface area contributed by atoms with Crippen molar-refractivity contribution in [2.45, 2.75) is 38.5 Å². The summed E-state index contributed by atoms with van der Waals surface area (Å²) in [6.07, 6.45) is 7.09. The van der Waals surface area contributed by atoms with Crippen LogP contribution in [0, 0.1) is 5.92 Å². The first-order valence-corrected chi connectivity index (χ1v) is 12.0. The molecule has 34 heavy (non-hydrogen) atoms. The first kappa shape index (κ1) is 22.5. The molecule has 1 saturated heterocycles. The standard InChI is InChI=1S/C27H27ClN4O2/c1-27(2)17-32(24-9-7-18(12-23(24)27)6-8-21-15-29-10-11-30-21)26(34)19-13-25(33)31(16-19)22-5-3-4-20(28)14-22/h3-5,7,9-12,14-15,19H,6,8,13,16-17H2,1-2H3. The highest BCUT2D eigenvalue weighted by molar-refractivity contribution is 6.31. The molecule has 0 aliphatic carbocycles. The molecule has 2 aromatic carbocycles. The molecule has 2 aliphatic heterocycles. The molecule has 0 N–H and O–H groups in total. The van der Waals surface area contributed by atoms with Gasteiger partial charge >= 0.3 is 0 Å². The number of amides is 2. The van der Waals surface area contributed by atoms with Gasteiger partial charge in [0.25, 0.3) is 0 Å². The van der Waals surface area contributed by atoms with Crippen LogP contribution in [0.25, 0.3) is 0 Å². The van der Waals surface area contributed by atoms with Gasteiger partial charge in [-0.2, -0.15) is 0 Å². The van der Waals surface area contributed by atoms with Gasteiger partial charge in [0.1, 0.15) is 0 Å². The lowest BCUT2D eigenvalue weighted by molar-refractivity contribution is -0.124. The Morgan fingerprint density at radius 3 is 2.76 bits per heavy atom. The number of hydrogen-bond donors (Lipinski definition) is 0. The molecular weight excluding hydrogens is 448 g/mol. The van der Waals surface area contributed by atoms with Crippen LogP contribution in [0.15, 0.2) is 61.1 Å². The van der Waals surface area contributed by atoms with Crippen LogP contribution < -0.4 is 9.80 Å². The Labute approximate surface area is 204 Å². The van der Waals surface area contributed by atoms with Gasteiger partial charge in [0.05, 0.1) is 11.6 Å². The number of benzene rings is 2. The zero-order chi connectivity index (χ0) is 23.9. The summed E-state index contributed by atoms with van der Waals surface area (Å²) in [6, 6.07) is 13.6. The third-order valence-electron chi connectivity index (χ3n) is 6.78. The van der Waals surface area contributed by atoms with Crippen molar-refractivity contribution in [1.29, 1.82) is 0 Å². The van der Waals surface area contributed by atoms with Crippen LogP contribution in [0.5, 0.6) is 0 Å². The lowest BCUT2D eigenvalue weighted by Crippen LogP contribution is -2.39. The molecule has 0 saturated carbocycles. The van der Waals surface area contributed by atoms with E-state index in [-0.39, 0.29) is 29.6 Å². The van der Waals surface area contributed by atoms with Crippen molar-refractivity contribution < 1.29 is 9.59 Å². The molecule has 1 aromatic heterocycles. The molecule has 1 unspecified atom stereocenters. The van der Waals surface area contributed by atoms with E-state index >= 15 is 0 Å². The predicted molar refractivity (Wildman–Crippen MR) is 133 cm³/mol. The van der Waals surface area contributed by atoms with Gasteiger partial charge in [0.2, 0.25) is 11.8 Å². The minimum atomic E-state index is -0.371.